The van der Waals surface area contributed by atoms with Crippen LogP contribution in [0.4, 0.5) is 5.69 Å². The standard InChI is InChI=1S/C21H22ClN5O2/c1-29-18-7-4-6-17(13-18)25-9-11-26(12-10-25)21(28)20-15-27(24-23-20)14-16-5-2-3-8-19(16)22/h2-8,13,15H,9-12,14H2,1H3. The highest BCUT2D eigenvalue weighted by molar-refractivity contribution is 6.31. The first kappa shape index (κ1) is 19.3. The Balaban J connectivity index is 1.37. The highest BCUT2D eigenvalue weighted by Gasteiger charge is 2.24. The van der Waals surface area contributed by atoms with Gasteiger partial charge in [-0.1, -0.05) is 41.1 Å². The molecule has 0 bridgehead atoms. The first-order valence-corrected chi connectivity index (χ1v) is 9.83. The lowest BCUT2D eigenvalue weighted by Gasteiger charge is -2.35. The molecule has 2 heterocycles. The summed E-state index contributed by atoms with van der Waals surface area (Å²) in [5.74, 6) is 0.733. The molecule has 0 spiro atoms. The summed E-state index contributed by atoms with van der Waals surface area (Å²) in [5, 5.41) is 8.82. The maximum absolute atomic E-state index is 12.8. The molecule has 0 aliphatic carbocycles. The number of carbonyl (C=O) groups excluding carboxylic acids is 1. The van der Waals surface area contributed by atoms with Gasteiger partial charge in [-0.25, -0.2) is 4.68 Å². The van der Waals surface area contributed by atoms with Gasteiger partial charge in [-0.2, -0.15) is 0 Å². The van der Waals surface area contributed by atoms with Crippen molar-refractivity contribution in [2.45, 2.75) is 6.54 Å². The largest absolute Gasteiger partial charge is 0.497 e. The zero-order valence-electron chi connectivity index (χ0n) is 16.2. The van der Waals surface area contributed by atoms with Crippen molar-refractivity contribution in [1.82, 2.24) is 19.9 Å². The van der Waals surface area contributed by atoms with Crippen LogP contribution in [0.3, 0.4) is 0 Å². The summed E-state index contributed by atoms with van der Waals surface area (Å²) < 4.78 is 6.94. The average molecular weight is 412 g/mol. The zero-order valence-corrected chi connectivity index (χ0v) is 16.9. The zero-order chi connectivity index (χ0) is 20.2. The van der Waals surface area contributed by atoms with E-state index in [1.807, 2.05) is 47.4 Å². The van der Waals surface area contributed by atoms with Crippen molar-refractivity contribution < 1.29 is 9.53 Å². The van der Waals surface area contributed by atoms with Crippen LogP contribution in [0.15, 0.2) is 54.7 Å². The molecule has 1 aliphatic rings. The molecule has 7 nitrogen and oxygen atoms in total. The molecule has 2 aromatic carbocycles. The van der Waals surface area contributed by atoms with E-state index in [9.17, 15) is 4.79 Å². The highest BCUT2D eigenvalue weighted by Crippen LogP contribution is 2.22. The second-order valence-electron chi connectivity index (χ2n) is 6.87. The molecule has 0 saturated carbocycles. The fraction of sp³-hybridized carbons (Fsp3) is 0.286. The Labute approximate surface area is 174 Å². The quantitative estimate of drug-likeness (QED) is 0.646. The number of benzene rings is 2. The Bertz CT molecular complexity index is 998. The summed E-state index contributed by atoms with van der Waals surface area (Å²) in [6, 6.07) is 15.5. The molecule has 0 atom stereocenters. The molecule has 8 heteroatoms. The molecule has 0 unspecified atom stereocenters. The van der Waals surface area contributed by atoms with Gasteiger partial charge in [0, 0.05) is 43.0 Å². The van der Waals surface area contributed by atoms with Gasteiger partial charge in [-0.3, -0.25) is 4.79 Å². The molecule has 3 aromatic rings. The first-order valence-electron chi connectivity index (χ1n) is 9.46. The van der Waals surface area contributed by atoms with Gasteiger partial charge in [-0.15, -0.1) is 5.10 Å². The summed E-state index contributed by atoms with van der Waals surface area (Å²) in [4.78, 5) is 16.9. The topological polar surface area (TPSA) is 63.5 Å². The lowest BCUT2D eigenvalue weighted by Crippen LogP contribution is -2.48. The number of halogens is 1. The van der Waals surface area contributed by atoms with Crippen molar-refractivity contribution in [3.05, 3.63) is 71.0 Å². The molecule has 150 valence electrons. The average Bonchev–Trinajstić information content (AvgIpc) is 3.23. The number of carbonyl (C=O) groups is 1. The van der Waals surface area contributed by atoms with Crippen molar-refractivity contribution in [2.24, 2.45) is 0 Å². The summed E-state index contributed by atoms with van der Waals surface area (Å²) in [5.41, 5.74) is 2.39. The van der Waals surface area contributed by atoms with E-state index in [1.54, 1.807) is 18.0 Å². The number of ether oxygens (including phenoxy) is 1. The van der Waals surface area contributed by atoms with Gasteiger partial charge < -0.3 is 14.5 Å². The van der Waals surface area contributed by atoms with Crippen molar-refractivity contribution in [3.8, 4) is 5.75 Å². The Morgan fingerprint density at radius 3 is 2.66 bits per heavy atom. The van der Waals surface area contributed by atoms with E-state index >= 15 is 0 Å². The maximum Gasteiger partial charge on any atom is 0.276 e. The summed E-state index contributed by atoms with van der Waals surface area (Å²) >= 11 is 6.20. The molecule has 1 aromatic heterocycles. The fourth-order valence-corrected chi connectivity index (χ4v) is 3.61. The van der Waals surface area contributed by atoms with E-state index in [0.29, 0.717) is 30.4 Å². The molecular weight excluding hydrogens is 390 g/mol. The number of rotatable bonds is 5. The summed E-state index contributed by atoms with van der Waals surface area (Å²) in [6.07, 6.45) is 1.68. The third-order valence-corrected chi connectivity index (χ3v) is 5.40. The van der Waals surface area contributed by atoms with Crippen molar-refractivity contribution in [1.29, 1.82) is 0 Å². The van der Waals surface area contributed by atoms with Gasteiger partial charge in [-0.05, 0) is 23.8 Å². The minimum absolute atomic E-state index is 0.0966. The van der Waals surface area contributed by atoms with Gasteiger partial charge in [0.1, 0.15) is 5.75 Å². The van der Waals surface area contributed by atoms with Crippen molar-refractivity contribution in [3.63, 3.8) is 0 Å². The van der Waals surface area contributed by atoms with Crippen LogP contribution >= 0.6 is 11.6 Å². The van der Waals surface area contributed by atoms with E-state index in [2.05, 4.69) is 21.3 Å². The van der Waals surface area contributed by atoms with E-state index in [-0.39, 0.29) is 5.91 Å². The number of anilines is 1. The highest BCUT2D eigenvalue weighted by atomic mass is 35.5. The molecule has 1 fully saturated rings. The number of aromatic nitrogens is 3. The Kier molecular flexibility index (Phi) is 5.67. The SMILES string of the molecule is COc1cccc(N2CCN(C(=O)c3cn(Cc4ccccc4Cl)nn3)CC2)c1. The molecule has 4 rings (SSSR count). The molecular formula is C21H22ClN5O2. The number of nitrogens with zero attached hydrogens (tertiary/aromatic N) is 5. The number of methoxy groups -OCH3 is 1. The lowest BCUT2D eigenvalue weighted by molar-refractivity contribution is 0.0740. The summed E-state index contributed by atoms with van der Waals surface area (Å²) in [7, 11) is 1.66. The van der Waals surface area contributed by atoms with Crippen LogP contribution in [0.2, 0.25) is 5.02 Å². The molecule has 1 amide bonds. The van der Waals surface area contributed by atoms with Crippen LogP contribution in [0.25, 0.3) is 0 Å². The Morgan fingerprint density at radius 1 is 1.10 bits per heavy atom. The van der Waals surface area contributed by atoms with Crippen LogP contribution in [0, 0.1) is 0 Å². The van der Waals surface area contributed by atoms with Crippen LogP contribution in [0.5, 0.6) is 5.75 Å². The smallest absolute Gasteiger partial charge is 0.276 e. The fourth-order valence-electron chi connectivity index (χ4n) is 3.41. The summed E-state index contributed by atoms with van der Waals surface area (Å²) in [6.45, 7) is 3.25. The molecule has 0 radical (unpaired) electrons. The van der Waals surface area contributed by atoms with E-state index < -0.39 is 0 Å². The Morgan fingerprint density at radius 2 is 1.90 bits per heavy atom. The van der Waals surface area contributed by atoms with Gasteiger partial charge >= 0.3 is 0 Å². The van der Waals surface area contributed by atoms with Crippen molar-refractivity contribution in [2.75, 3.05) is 38.2 Å². The van der Waals surface area contributed by atoms with Gasteiger partial charge in [0.2, 0.25) is 0 Å². The van der Waals surface area contributed by atoms with E-state index in [1.165, 1.54) is 0 Å². The van der Waals surface area contributed by atoms with E-state index in [4.69, 9.17) is 16.3 Å². The van der Waals surface area contributed by atoms with E-state index in [0.717, 1.165) is 30.1 Å². The monoisotopic (exact) mass is 411 g/mol. The number of amides is 1. The number of hydrogen-bond donors (Lipinski definition) is 0. The van der Waals surface area contributed by atoms with Gasteiger partial charge in [0.15, 0.2) is 5.69 Å². The molecule has 29 heavy (non-hydrogen) atoms. The molecule has 1 saturated heterocycles. The van der Waals surface area contributed by atoms with Crippen molar-refractivity contribution >= 4 is 23.2 Å². The number of piperazine rings is 1. The van der Waals surface area contributed by atoms with Crippen LogP contribution in [0.1, 0.15) is 16.1 Å². The van der Waals surface area contributed by atoms with Crippen LogP contribution in [-0.4, -0.2) is 59.1 Å². The predicted molar refractivity (Wildman–Crippen MR) is 112 cm³/mol. The van der Waals surface area contributed by atoms with Gasteiger partial charge in [0.05, 0.1) is 19.9 Å². The minimum atomic E-state index is -0.0966. The lowest BCUT2D eigenvalue weighted by atomic mass is 10.2. The van der Waals surface area contributed by atoms with Gasteiger partial charge in [0.25, 0.3) is 5.91 Å². The molecule has 0 N–H and O–H groups in total. The first-order chi connectivity index (χ1) is 14.1. The maximum atomic E-state index is 12.8. The third-order valence-electron chi connectivity index (χ3n) is 5.03. The van der Waals surface area contributed by atoms with Crippen LogP contribution in [-0.2, 0) is 6.54 Å². The third kappa shape index (κ3) is 4.35. The Hall–Kier alpha value is -3.06. The minimum Gasteiger partial charge on any atom is -0.497 e. The normalized spacial score (nSPS) is 14.1. The molecule has 1 aliphatic heterocycles. The number of hydrogen-bond acceptors (Lipinski definition) is 5. The van der Waals surface area contributed by atoms with Crippen LogP contribution < -0.4 is 9.64 Å². The predicted octanol–water partition coefficient (Wildman–Crippen LogP) is 2.95. The second-order valence-corrected chi connectivity index (χ2v) is 7.28. The second kappa shape index (κ2) is 8.53.